The molecule has 5 aromatic rings. The number of nitrogens with one attached hydrogen (secondary N) is 1. The predicted octanol–water partition coefficient (Wildman–Crippen LogP) is 5.66. The number of aromatic nitrogens is 4. The number of benzene rings is 3. The fraction of sp³-hybridized carbons (Fsp3) is 0.250. The van der Waals surface area contributed by atoms with Crippen molar-refractivity contribution in [2.45, 2.75) is 25.9 Å². The topological polar surface area (TPSA) is 88.3 Å². The number of nitrogens with zero attached hydrogens (tertiary/aromatic N) is 5. The molecule has 10 heteroatoms. The highest BCUT2D eigenvalue weighted by Crippen LogP contribution is 2.43. The van der Waals surface area contributed by atoms with Gasteiger partial charge in [0.15, 0.2) is 5.82 Å². The Morgan fingerprint density at radius 1 is 1.11 bits per heavy atom. The van der Waals surface area contributed by atoms with Crippen LogP contribution in [0.15, 0.2) is 54.7 Å². The first kappa shape index (κ1) is 24.4. The maximum absolute atomic E-state index is 16.6. The lowest BCUT2D eigenvalue weighted by Gasteiger charge is -2.38. The van der Waals surface area contributed by atoms with Gasteiger partial charge in [-0.2, -0.15) is 15.1 Å². The largest absolute Gasteiger partial charge is 0.508 e. The molecular formula is C28H26ClFN6O2. The minimum Gasteiger partial charge on any atom is -0.508 e. The number of piperazine rings is 1. The van der Waals surface area contributed by atoms with Gasteiger partial charge in [0.25, 0.3) is 0 Å². The Morgan fingerprint density at radius 2 is 1.92 bits per heavy atom. The SMILES string of the molecule is C[C@@H]1CN(c2nc(Oc3ccnn3C)nc3c(F)c(-c4cc(O)cc5ccccc45)c(Cl)cc23)[C@@H](C)CN1. The second-order valence-corrected chi connectivity index (χ2v) is 10.1. The minimum absolute atomic E-state index is 0.00225. The summed E-state index contributed by atoms with van der Waals surface area (Å²) in [7, 11) is 1.74. The van der Waals surface area contributed by atoms with Crippen molar-refractivity contribution >= 4 is 39.1 Å². The smallest absolute Gasteiger partial charge is 0.325 e. The van der Waals surface area contributed by atoms with Gasteiger partial charge in [0, 0.05) is 49.2 Å². The Hall–Kier alpha value is -3.95. The molecule has 6 rings (SSSR count). The number of aromatic hydroxyl groups is 1. The zero-order valence-corrected chi connectivity index (χ0v) is 21.9. The lowest BCUT2D eigenvalue weighted by Crippen LogP contribution is -2.54. The van der Waals surface area contributed by atoms with Crippen LogP contribution >= 0.6 is 11.6 Å². The van der Waals surface area contributed by atoms with Crippen LogP contribution in [0.2, 0.25) is 5.02 Å². The molecule has 8 nitrogen and oxygen atoms in total. The molecule has 0 spiro atoms. The van der Waals surface area contributed by atoms with Gasteiger partial charge in [-0.25, -0.2) is 9.07 Å². The summed E-state index contributed by atoms with van der Waals surface area (Å²) < 4.78 is 24.1. The number of ether oxygens (including phenoxy) is 1. The van der Waals surface area contributed by atoms with Gasteiger partial charge < -0.3 is 20.1 Å². The molecule has 0 amide bonds. The number of hydrogen-bond donors (Lipinski definition) is 2. The Labute approximate surface area is 223 Å². The van der Waals surface area contributed by atoms with E-state index in [-0.39, 0.29) is 39.9 Å². The quantitative estimate of drug-likeness (QED) is 0.309. The van der Waals surface area contributed by atoms with Gasteiger partial charge in [-0.05, 0) is 48.4 Å². The van der Waals surface area contributed by atoms with E-state index in [2.05, 4.69) is 34.1 Å². The van der Waals surface area contributed by atoms with E-state index in [0.717, 1.165) is 17.3 Å². The van der Waals surface area contributed by atoms with Gasteiger partial charge in [-0.3, -0.25) is 0 Å². The molecule has 0 bridgehead atoms. The predicted molar refractivity (Wildman–Crippen MR) is 147 cm³/mol. The normalized spacial score (nSPS) is 17.9. The van der Waals surface area contributed by atoms with Crippen molar-refractivity contribution in [3.63, 3.8) is 0 Å². The zero-order chi connectivity index (χ0) is 26.6. The summed E-state index contributed by atoms with van der Waals surface area (Å²) in [6.45, 7) is 5.58. The molecule has 1 aliphatic heterocycles. The minimum atomic E-state index is -0.613. The molecule has 2 aromatic heterocycles. The van der Waals surface area contributed by atoms with Crippen LogP contribution in [0.4, 0.5) is 10.2 Å². The van der Waals surface area contributed by atoms with Gasteiger partial charge in [0.1, 0.15) is 17.1 Å². The Balaban J connectivity index is 1.62. The molecule has 3 heterocycles. The molecule has 0 unspecified atom stereocenters. The maximum atomic E-state index is 16.6. The van der Waals surface area contributed by atoms with Crippen LogP contribution in [-0.2, 0) is 7.05 Å². The molecular weight excluding hydrogens is 507 g/mol. The number of phenols is 1. The van der Waals surface area contributed by atoms with Crippen LogP contribution in [0.3, 0.4) is 0 Å². The molecule has 2 N–H and O–H groups in total. The third-order valence-corrected chi connectivity index (χ3v) is 7.26. The second-order valence-electron chi connectivity index (χ2n) is 9.69. The summed E-state index contributed by atoms with van der Waals surface area (Å²) in [5, 5.41) is 20.2. The van der Waals surface area contributed by atoms with Crippen molar-refractivity contribution in [3.05, 3.63) is 65.6 Å². The number of halogens is 2. The van der Waals surface area contributed by atoms with Crippen LogP contribution in [0.5, 0.6) is 17.6 Å². The van der Waals surface area contributed by atoms with E-state index in [4.69, 9.17) is 21.3 Å². The first-order valence-electron chi connectivity index (χ1n) is 12.4. The average molecular weight is 533 g/mol. The van der Waals surface area contributed by atoms with Crippen molar-refractivity contribution in [2.24, 2.45) is 7.05 Å². The molecule has 38 heavy (non-hydrogen) atoms. The van der Waals surface area contributed by atoms with Crippen LogP contribution in [0, 0.1) is 5.82 Å². The standard InChI is InChI=1S/C28H26ClFN6O2/c1-15-14-36(16(2)13-31-15)27-21-12-22(29)24(20-11-18(37)10-17-6-4-5-7-19(17)20)25(30)26(21)33-28(34-27)38-23-8-9-32-35(23)3/h4-12,15-16,31,37H,13-14H2,1-3H3/t15-,16+/m1/s1. The number of anilines is 1. The van der Waals surface area contributed by atoms with E-state index in [0.29, 0.717) is 29.2 Å². The van der Waals surface area contributed by atoms with Gasteiger partial charge in [-0.1, -0.05) is 35.9 Å². The number of fused-ring (bicyclic) bond motifs is 2. The molecule has 1 fully saturated rings. The summed E-state index contributed by atoms with van der Waals surface area (Å²) in [5.74, 6) is 0.367. The first-order valence-corrected chi connectivity index (χ1v) is 12.8. The fourth-order valence-electron chi connectivity index (χ4n) is 5.05. The van der Waals surface area contributed by atoms with Gasteiger partial charge in [0.05, 0.1) is 11.2 Å². The lowest BCUT2D eigenvalue weighted by atomic mass is 9.96. The summed E-state index contributed by atoms with van der Waals surface area (Å²) in [4.78, 5) is 11.4. The van der Waals surface area contributed by atoms with E-state index in [1.807, 2.05) is 24.3 Å². The van der Waals surface area contributed by atoms with E-state index in [1.54, 1.807) is 36.1 Å². The molecule has 194 valence electrons. The van der Waals surface area contributed by atoms with Gasteiger partial charge >= 0.3 is 6.01 Å². The molecule has 2 atom stereocenters. The highest BCUT2D eigenvalue weighted by atomic mass is 35.5. The van der Waals surface area contributed by atoms with Crippen LogP contribution in [-0.4, -0.2) is 50.0 Å². The second kappa shape index (κ2) is 9.41. The number of rotatable bonds is 4. The number of hydrogen-bond acceptors (Lipinski definition) is 7. The summed E-state index contributed by atoms with van der Waals surface area (Å²) in [6.07, 6.45) is 1.60. The number of aryl methyl sites for hydroxylation is 1. The maximum Gasteiger partial charge on any atom is 0.325 e. The van der Waals surface area contributed by atoms with E-state index in [9.17, 15) is 5.11 Å². The first-order chi connectivity index (χ1) is 18.3. The molecule has 0 aliphatic carbocycles. The van der Waals surface area contributed by atoms with Crippen LogP contribution < -0.4 is 15.0 Å². The average Bonchev–Trinajstić information content (AvgIpc) is 3.29. The summed E-state index contributed by atoms with van der Waals surface area (Å²) in [5.41, 5.74) is 0.713. The van der Waals surface area contributed by atoms with E-state index >= 15 is 4.39 Å². The van der Waals surface area contributed by atoms with Crippen molar-refractivity contribution in [3.8, 4) is 28.8 Å². The van der Waals surface area contributed by atoms with Crippen molar-refractivity contribution in [1.82, 2.24) is 25.1 Å². The van der Waals surface area contributed by atoms with Gasteiger partial charge in [-0.15, -0.1) is 0 Å². The Bertz CT molecular complexity index is 1690. The van der Waals surface area contributed by atoms with E-state index < -0.39 is 5.82 Å². The summed E-state index contributed by atoms with van der Waals surface area (Å²) in [6, 6.07) is 14.3. The van der Waals surface area contributed by atoms with E-state index in [1.165, 1.54) is 6.07 Å². The third-order valence-electron chi connectivity index (χ3n) is 6.97. The van der Waals surface area contributed by atoms with Crippen molar-refractivity contribution in [2.75, 3.05) is 18.0 Å². The Kier molecular flexibility index (Phi) is 6.04. The molecule has 1 aliphatic rings. The third kappa shape index (κ3) is 4.17. The Morgan fingerprint density at radius 3 is 2.71 bits per heavy atom. The fourth-order valence-corrected chi connectivity index (χ4v) is 5.34. The molecule has 0 radical (unpaired) electrons. The van der Waals surface area contributed by atoms with Crippen LogP contribution in [0.25, 0.3) is 32.8 Å². The number of phenolic OH excluding ortho intramolecular Hbond substituents is 1. The van der Waals surface area contributed by atoms with Gasteiger partial charge in [0.2, 0.25) is 5.88 Å². The molecule has 3 aromatic carbocycles. The molecule has 0 saturated carbocycles. The monoisotopic (exact) mass is 532 g/mol. The molecule has 1 saturated heterocycles. The van der Waals surface area contributed by atoms with Crippen molar-refractivity contribution < 1.29 is 14.2 Å². The van der Waals surface area contributed by atoms with Crippen molar-refractivity contribution in [1.29, 1.82) is 0 Å². The lowest BCUT2D eigenvalue weighted by molar-refractivity contribution is 0.395. The zero-order valence-electron chi connectivity index (χ0n) is 21.1. The highest BCUT2D eigenvalue weighted by Gasteiger charge is 2.29. The van der Waals surface area contributed by atoms with Crippen LogP contribution in [0.1, 0.15) is 13.8 Å². The summed E-state index contributed by atoms with van der Waals surface area (Å²) >= 11 is 6.80. The highest BCUT2D eigenvalue weighted by molar-refractivity contribution is 6.35.